The lowest BCUT2D eigenvalue weighted by atomic mass is 10.3. The van der Waals surface area contributed by atoms with E-state index >= 15 is 0 Å². The average molecular weight is 243 g/mol. The lowest BCUT2D eigenvalue weighted by Crippen LogP contribution is -2.42. The first-order valence-electron chi connectivity index (χ1n) is 4.95. The SMILES string of the molecule is CN(CCC(=O)O)C(=O)CN1C(=O)CNC1=O. The maximum atomic E-state index is 11.6. The highest BCUT2D eigenvalue weighted by molar-refractivity contribution is 6.04. The fourth-order valence-electron chi connectivity index (χ4n) is 1.26. The van der Waals surface area contributed by atoms with E-state index in [1.165, 1.54) is 11.9 Å². The van der Waals surface area contributed by atoms with Crippen LogP contribution in [0.4, 0.5) is 4.79 Å². The van der Waals surface area contributed by atoms with Gasteiger partial charge >= 0.3 is 12.0 Å². The monoisotopic (exact) mass is 243 g/mol. The number of carbonyl (C=O) groups is 4. The smallest absolute Gasteiger partial charge is 0.325 e. The van der Waals surface area contributed by atoms with E-state index in [-0.39, 0.29) is 26.1 Å². The molecule has 0 unspecified atom stereocenters. The third-order valence-electron chi connectivity index (χ3n) is 2.32. The highest BCUT2D eigenvalue weighted by Gasteiger charge is 2.30. The predicted molar refractivity (Wildman–Crippen MR) is 55.0 cm³/mol. The molecule has 17 heavy (non-hydrogen) atoms. The molecule has 0 radical (unpaired) electrons. The summed E-state index contributed by atoms with van der Waals surface area (Å²) in [5.41, 5.74) is 0. The summed E-state index contributed by atoms with van der Waals surface area (Å²) in [6.07, 6.45) is -0.178. The summed E-state index contributed by atoms with van der Waals surface area (Å²) < 4.78 is 0. The van der Waals surface area contributed by atoms with Crippen molar-refractivity contribution in [3.05, 3.63) is 0 Å². The molecule has 1 rings (SSSR count). The molecule has 0 aromatic rings. The normalized spacial score (nSPS) is 14.8. The highest BCUT2D eigenvalue weighted by atomic mass is 16.4. The van der Waals surface area contributed by atoms with Gasteiger partial charge in [0.15, 0.2) is 0 Å². The minimum atomic E-state index is -1.01. The number of imide groups is 1. The Kier molecular flexibility index (Phi) is 4.02. The zero-order valence-electron chi connectivity index (χ0n) is 9.30. The van der Waals surface area contributed by atoms with Gasteiger partial charge in [0.25, 0.3) is 5.91 Å². The first-order chi connectivity index (χ1) is 7.91. The molecule has 1 heterocycles. The summed E-state index contributed by atoms with van der Waals surface area (Å²) in [7, 11) is 1.42. The number of nitrogens with zero attached hydrogens (tertiary/aromatic N) is 2. The number of carboxylic acid groups (broad SMARTS) is 1. The van der Waals surface area contributed by atoms with Crippen molar-refractivity contribution < 1.29 is 24.3 Å². The molecule has 2 N–H and O–H groups in total. The van der Waals surface area contributed by atoms with E-state index in [9.17, 15) is 19.2 Å². The molecule has 1 fully saturated rings. The third kappa shape index (κ3) is 3.44. The van der Waals surface area contributed by atoms with Crippen molar-refractivity contribution in [1.82, 2.24) is 15.1 Å². The molecule has 0 atom stereocenters. The predicted octanol–water partition coefficient (Wildman–Crippen LogP) is -1.53. The maximum absolute atomic E-state index is 11.6. The number of aliphatic carboxylic acids is 1. The van der Waals surface area contributed by atoms with Crippen LogP contribution in [0.2, 0.25) is 0 Å². The molecule has 1 aliphatic heterocycles. The Bertz CT molecular complexity index is 352. The van der Waals surface area contributed by atoms with Crippen LogP contribution in [-0.2, 0) is 14.4 Å². The van der Waals surface area contributed by atoms with Gasteiger partial charge in [0.2, 0.25) is 5.91 Å². The number of nitrogens with one attached hydrogen (secondary N) is 1. The summed E-state index contributed by atoms with van der Waals surface area (Å²) in [6.45, 7) is -0.427. The lowest BCUT2D eigenvalue weighted by Gasteiger charge is -2.19. The summed E-state index contributed by atoms with van der Waals surface area (Å²) in [5.74, 6) is -1.95. The molecule has 1 saturated heterocycles. The Labute approximate surface area is 97.2 Å². The van der Waals surface area contributed by atoms with E-state index in [1.807, 2.05) is 0 Å². The number of carboxylic acids is 1. The zero-order valence-corrected chi connectivity index (χ0v) is 9.30. The molecule has 0 saturated carbocycles. The van der Waals surface area contributed by atoms with E-state index in [4.69, 9.17) is 5.11 Å². The quantitative estimate of drug-likeness (QED) is 0.570. The fraction of sp³-hybridized carbons (Fsp3) is 0.556. The average Bonchev–Trinajstić information content (AvgIpc) is 2.57. The van der Waals surface area contributed by atoms with Crippen molar-refractivity contribution in [2.75, 3.05) is 26.7 Å². The van der Waals surface area contributed by atoms with Gasteiger partial charge in [0, 0.05) is 13.6 Å². The van der Waals surface area contributed by atoms with Crippen LogP contribution in [0.25, 0.3) is 0 Å². The van der Waals surface area contributed by atoms with E-state index in [0.717, 1.165) is 4.90 Å². The van der Waals surface area contributed by atoms with Crippen molar-refractivity contribution in [3.8, 4) is 0 Å². The number of carbonyl (C=O) groups excluding carboxylic acids is 3. The molecule has 0 spiro atoms. The van der Waals surface area contributed by atoms with Crippen LogP contribution >= 0.6 is 0 Å². The standard InChI is InChI=1S/C9H13N3O5/c1-11(3-2-8(15)16)7(14)5-12-6(13)4-10-9(12)17/h2-5H2,1H3,(H,10,17)(H,15,16). The number of amides is 4. The summed E-state index contributed by atoms with van der Waals surface area (Å²) in [6, 6.07) is -0.602. The van der Waals surface area contributed by atoms with Crippen molar-refractivity contribution in [3.63, 3.8) is 0 Å². The summed E-state index contributed by atoms with van der Waals surface area (Å²) in [4.78, 5) is 46.2. The van der Waals surface area contributed by atoms with Crippen molar-refractivity contribution in [2.24, 2.45) is 0 Å². The van der Waals surface area contributed by atoms with Gasteiger partial charge in [-0.15, -0.1) is 0 Å². The third-order valence-corrected chi connectivity index (χ3v) is 2.32. The Balaban J connectivity index is 2.45. The molecule has 0 aliphatic carbocycles. The Hall–Kier alpha value is -2.12. The van der Waals surface area contributed by atoms with E-state index in [0.29, 0.717) is 0 Å². The van der Waals surface area contributed by atoms with Crippen LogP contribution < -0.4 is 5.32 Å². The van der Waals surface area contributed by atoms with Crippen LogP contribution in [0, 0.1) is 0 Å². The van der Waals surface area contributed by atoms with Gasteiger partial charge in [-0.1, -0.05) is 0 Å². The van der Waals surface area contributed by atoms with Gasteiger partial charge in [0.1, 0.15) is 6.54 Å². The van der Waals surface area contributed by atoms with Gasteiger partial charge < -0.3 is 15.3 Å². The number of hydrogen-bond acceptors (Lipinski definition) is 4. The molecule has 8 nitrogen and oxygen atoms in total. The minimum Gasteiger partial charge on any atom is -0.481 e. The van der Waals surface area contributed by atoms with Gasteiger partial charge in [-0.3, -0.25) is 19.3 Å². The first kappa shape index (κ1) is 12.9. The molecule has 1 aliphatic rings. The number of likely N-dealkylation sites (N-methyl/N-ethyl adjacent to an activating group) is 1. The molecular formula is C9H13N3O5. The van der Waals surface area contributed by atoms with Crippen LogP contribution in [0.3, 0.4) is 0 Å². The van der Waals surface area contributed by atoms with Crippen LogP contribution in [0.1, 0.15) is 6.42 Å². The Morgan fingerprint density at radius 1 is 1.47 bits per heavy atom. The van der Waals surface area contributed by atoms with Crippen LogP contribution in [0.5, 0.6) is 0 Å². The second-order valence-corrected chi connectivity index (χ2v) is 3.60. The fourth-order valence-corrected chi connectivity index (χ4v) is 1.26. The van der Waals surface area contributed by atoms with Crippen LogP contribution in [-0.4, -0.2) is 65.4 Å². The molecule has 8 heteroatoms. The van der Waals surface area contributed by atoms with Crippen molar-refractivity contribution in [2.45, 2.75) is 6.42 Å². The lowest BCUT2D eigenvalue weighted by molar-refractivity contribution is -0.139. The van der Waals surface area contributed by atoms with Crippen LogP contribution in [0.15, 0.2) is 0 Å². The second kappa shape index (κ2) is 5.28. The first-order valence-corrected chi connectivity index (χ1v) is 4.95. The van der Waals surface area contributed by atoms with Gasteiger partial charge in [-0.05, 0) is 0 Å². The van der Waals surface area contributed by atoms with Gasteiger partial charge in [0.05, 0.1) is 13.0 Å². The maximum Gasteiger partial charge on any atom is 0.325 e. The van der Waals surface area contributed by atoms with Crippen molar-refractivity contribution in [1.29, 1.82) is 0 Å². The molecule has 94 valence electrons. The highest BCUT2D eigenvalue weighted by Crippen LogP contribution is 2.00. The molecule has 0 aromatic heterocycles. The topological polar surface area (TPSA) is 107 Å². The summed E-state index contributed by atoms with van der Waals surface area (Å²) >= 11 is 0. The minimum absolute atomic E-state index is 0.0395. The van der Waals surface area contributed by atoms with Gasteiger partial charge in [-0.25, -0.2) is 4.79 Å². The largest absolute Gasteiger partial charge is 0.481 e. The van der Waals surface area contributed by atoms with E-state index in [2.05, 4.69) is 5.32 Å². The number of hydrogen-bond donors (Lipinski definition) is 2. The van der Waals surface area contributed by atoms with Gasteiger partial charge in [-0.2, -0.15) is 0 Å². The molecule has 0 aromatic carbocycles. The molecule has 0 bridgehead atoms. The number of urea groups is 1. The van der Waals surface area contributed by atoms with E-state index in [1.54, 1.807) is 0 Å². The summed E-state index contributed by atoms with van der Waals surface area (Å²) in [5, 5.41) is 10.7. The zero-order chi connectivity index (χ0) is 13.0. The second-order valence-electron chi connectivity index (χ2n) is 3.60. The van der Waals surface area contributed by atoms with E-state index < -0.39 is 23.8 Å². The molecule has 4 amide bonds. The number of rotatable bonds is 5. The Morgan fingerprint density at radius 2 is 2.12 bits per heavy atom. The Morgan fingerprint density at radius 3 is 2.59 bits per heavy atom. The van der Waals surface area contributed by atoms with Crippen molar-refractivity contribution >= 4 is 23.8 Å². The molecular weight excluding hydrogens is 230 g/mol.